The third-order valence-electron chi connectivity index (χ3n) is 5.21. The van der Waals surface area contributed by atoms with Crippen molar-refractivity contribution in [3.8, 4) is 0 Å². The van der Waals surface area contributed by atoms with Gasteiger partial charge < -0.3 is 14.8 Å². The number of esters is 1. The molecule has 0 aromatic heterocycles. The van der Waals surface area contributed by atoms with Gasteiger partial charge in [0, 0.05) is 37.7 Å². The molecule has 1 aromatic rings. The Morgan fingerprint density at radius 1 is 1.30 bits per heavy atom. The zero-order valence-electron chi connectivity index (χ0n) is 15.7. The fraction of sp³-hybridized carbons (Fsp3) is 0.579. The van der Waals surface area contributed by atoms with Crippen LogP contribution in [0.1, 0.15) is 37.7 Å². The Hall–Kier alpha value is -2.06. The molecule has 8 heteroatoms. The summed E-state index contributed by atoms with van der Waals surface area (Å²) in [6.45, 7) is 0.618. The number of carbonyl (C=O) groups is 1. The molecule has 0 aliphatic heterocycles. The molecule has 0 bridgehead atoms. The van der Waals surface area contributed by atoms with E-state index in [1.807, 2.05) is 0 Å². The molecule has 1 aliphatic rings. The second-order valence-corrected chi connectivity index (χ2v) is 7.32. The molecule has 0 spiro atoms. The van der Waals surface area contributed by atoms with Crippen LogP contribution in [0.3, 0.4) is 0 Å². The molecule has 1 atom stereocenters. The lowest BCUT2D eigenvalue weighted by Crippen LogP contribution is -2.48. The molecule has 1 N–H and O–H groups in total. The standard InChI is InChI=1S/C19H26N2O5S/c1-25-12-11-19(9-3-4-10-19)18(27)20-16(17(22)26-2)13-14-5-7-15(8-6-14)21(23)24/h5-8,16H,3-4,9-13H2,1-2H3,(H,20,27). The number of hydrogen-bond acceptors (Lipinski definition) is 6. The summed E-state index contributed by atoms with van der Waals surface area (Å²) in [6.07, 6.45) is 5.33. The van der Waals surface area contributed by atoms with E-state index in [-0.39, 0.29) is 11.1 Å². The lowest BCUT2D eigenvalue weighted by Gasteiger charge is -2.32. The van der Waals surface area contributed by atoms with E-state index in [0.717, 1.165) is 37.7 Å². The Labute approximate surface area is 164 Å². The highest BCUT2D eigenvalue weighted by Gasteiger charge is 2.39. The van der Waals surface area contributed by atoms with Gasteiger partial charge in [-0.25, -0.2) is 4.79 Å². The Bertz CT molecular complexity index is 671. The maximum absolute atomic E-state index is 12.3. The Morgan fingerprint density at radius 3 is 2.44 bits per heavy atom. The van der Waals surface area contributed by atoms with E-state index in [2.05, 4.69) is 5.32 Å². The lowest BCUT2D eigenvalue weighted by molar-refractivity contribution is -0.384. The Morgan fingerprint density at radius 2 is 1.93 bits per heavy atom. The van der Waals surface area contributed by atoms with Crippen molar-refractivity contribution in [2.24, 2.45) is 5.41 Å². The highest BCUT2D eigenvalue weighted by atomic mass is 32.1. The highest BCUT2D eigenvalue weighted by Crippen LogP contribution is 2.42. The number of hydrogen-bond donors (Lipinski definition) is 1. The third-order valence-corrected chi connectivity index (χ3v) is 5.76. The zero-order chi connectivity index (χ0) is 19.9. The molecule has 1 aliphatic carbocycles. The van der Waals surface area contributed by atoms with Crippen molar-refractivity contribution >= 4 is 28.9 Å². The van der Waals surface area contributed by atoms with Crippen molar-refractivity contribution in [2.45, 2.75) is 44.6 Å². The first-order valence-electron chi connectivity index (χ1n) is 9.03. The van der Waals surface area contributed by atoms with Crippen LogP contribution in [-0.4, -0.2) is 42.7 Å². The Balaban J connectivity index is 2.12. The van der Waals surface area contributed by atoms with Gasteiger partial charge in [0.25, 0.3) is 5.69 Å². The second-order valence-electron chi connectivity index (χ2n) is 6.91. The molecule has 0 amide bonds. The maximum atomic E-state index is 12.3. The number of rotatable bonds is 9. The van der Waals surface area contributed by atoms with Crippen molar-refractivity contribution in [2.75, 3.05) is 20.8 Å². The number of benzene rings is 1. The highest BCUT2D eigenvalue weighted by molar-refractivity contribution is 7.80. The first-order valence-corrected chi connectivity index (χ1v) is 9.44. The van der Waals surface area contributed by atoms with E-state index in [0.29, 0.717) is 18.0 Å². The predicted octanol–water partition coefficient (Wildman–Crippen LogP) is 3.19. The molecule has 0 saturated heterocycles. The number of nitro benzene ring substituents is 1. The number of thiocarbonyl (C=S) groups is 1. The van der Waals surface area contributed by atoms with Gasteiger partial charge in [0.1, 0.15) is 6.04 Å². The third kappa shape index (κ3) is 5.46. The number of methoxy groups -OCH3 is 2. The number of nitro groups is 1. The van der Waals surface area contributed by atoms with Crippen molar-refractivity contribution in [3.63, 3.8) is 0 Å². The number of nitrogens with zero attached hydrogens (tertiary/aromatic N) is 1. The van der Waals surface area contributed by atoms with Gasteiger partial charge in [-0.3, -0.25) is 10.1 Å². The minimum absolute atomic E-state index is 0.0151. The molecule has 2 rings (SSSR count). The average Bonchev–Trinajstić information content (AvgIpc) is 3.15. The minimum Gasteiger partial charge on any atom is -0.467 e. The van der Waals surface area contributed by atoms with Gasteiger partial charge in [-0.2, -0.15) is 0 Å². The molecule has 1 unspecified atom stereocenters. The Kier molecular flexibility index (Phi) is 7.67. The van der Waals surface area contributed by atoms with E-state index in [1.54, 1.807) is 19.2 Å². The van der Waals surface area contributed by atoms with Crippen molar-refractivity contribution in [1.29, 1.82) is 0 Å². The van der Waals surface area contributed by atoms with E-state index >= 15 is 0 Å². The van der Waals surface area contributed by atoms with Gasteiger partial charge in [-0.15, -0.1) is 0 Å². The summed E-state index contributed by atoms with van der Waals surface area (Å²) in [4.78, 5) is 23.3. The fourth-order valence-electron chi connectivity index (χ4n) is 3.58. The van der Waals surface area contributed by atoms with Crippen LogP contribution >= 0.6 is 12.2 Å². The summed E-state index contributed by atoms with van der Waals surface area (Å²) in [5.41, 5.74) is 0.664. The SMILES string of the molecule is COCCC1(C(=S)NC(Cc2ccc([N+](=O)[O-])cc2)C(=O)OC)CCCC1. The summed E-state index contributed by atoms with van der Waals surface area (Å²) >= 11 is 5.69. The smallest absolute Gasteiger partial charge is 0.328 e. The first kappa shape index (κ1) is 21.2. The molecule has 1 aromatic carbocycles. The molecule has 0 radical (unpaired) electrons. The molecule has 1 saturated carbocycles. The molecule has 148 valence electrons. The number of non-ortho nitro benzene ring substituents is 1. The van der Waals surface area contributed by atoms with E-state index in [1.165, 1.54) is 19.2 Å². The van der Waals surface area contributed by atoms with Gasteiger partial charge in [0.2, 0.25) is 0 Å². The van der Waals surface area contributed by atoms with Gasteiger partial charge in [-0.1, -0.05) is 37.2 Å². The normalized spacial score (nSPS) is 16.5. The predicted molar refractivity (Wildman–Crippen MR) is 106 cm³/mol. The van der Waals surface area contributed by atoms with Crippen LogP contribution < -0.4 is 5.32 Å². The van der Waals surface area contributed by atoms with Gasteiger partial charge in [0.15, 0.2) is 0 Å². The van der Waals surface area contributed by atoms with Crippen LogP contribution in [0.5, 0.6) is 0 Å². The maximum Gasteiger partial charge on any atom is 0.328 e. The molecule has 7 nitrogen and oxygen atoms in total. The van der Waals surface area contributed by atoms with Crippen LogP contribution in [0.2, 0.25) is 0 Å². The number of nitrogens with one attached hydrogen (secondary N) is 1. The largest absolute Gasteiger partial charge is 0.467 e. The molecule has 27 heavy (non-hydrogen) atoms. The van der Waals surface area contributed by atoms with Crippen molar-refractivity contribution < 1.29 is 19.2 Å². The van der Waals surface area contributed by atoms with E-state index in [4.69, 9.17) is 21.7 Å². The zero-order valence-corrected chi connectivity index (χ0v) is 16.5. The topological polar surface area (TPSA) is 90.7 Å². The van der Waals surface area contributed by atoms with Crippen LogP contribution in [-0.2, 0) is 20.7 Å². The van der Waals surface area contributed by atoms with E-state index in [9.17, 15) is 14.9 Å². The summed E-state index contributed by atoms with van der Waals surface area (Å²) < 4.78 is 10.2. The molecule has 0 heterocycles. The molecular weight excluding hydrogens is 368 g/mol. The monoisotopic (exact) mass is 394 g/mol. The van der Waals surface area contributed by atoms with Crippen molar-refractivity contribution in [3.05, 3.63) is 39.9 Å². The van der Waals surface area contributed by atoms with Crippen LogP contribution in [0, 0.1) is 15.5 Å². The van der Waals surface area contributed by atoms with Gasteiger partial charge >= 0.3 is 5.97 Å². The first-order chi connectivity index (χ1) is 12.9. The van der Waals surface area contributed by atoms with Crippen LogP contribution in [0.15, 0.2) is 24.3 Å². The summed E-state index contributed by atoms with van der Waals surface area (Å²) in [7, 11) is 3.01. The van der Waals surface area contributed by atoms with E-state index < -0.39 is 16.9 Å². The lowest BCUT2D eigenvalue weighted by atomic mass is 9.82. The minimum atomic E-state index is -0.635. The summed E-state index contributed by atoms with van der Waals surface area (Å²) in [5.74, 6) is -0.407. The molecule has 1 fully saturated rings. The van der Waals surface area contributed by atoms with Crippen LogP contribution in [0.4, 0.5) is 5.69 Å². The summed E-state index contributed by atoms with van der Waals surface area (Å²) in [5, 5.41) is 14.0. The van der Waals surface area contributed by atoms with Gasteiger partial charge in [0.05, 0.1) is 17.0 Å². The average molecular weight is 394 g/mol. The second kappa shape index (κ2) is 9.75. The van der Waals surface area contributed by atoms with Crippen LogP contribution in [0.25, 0.3) is 0 Å². The summed E-state index contributed by atoms with van der Waals surface area (Å²) in [6, 6.07) is 5.52. The van der Waals surface area contributed by atoms with Crippen molar-refractivity contribution in [1.82, 2.24) is 5.32 Å². The number of ether oxygens (including phenoxy) is 2. The quantitative estimate of drug-likeness (QED) is 0.298. The van der Waals surface area contributed by atoms with Gasteiger partial charge in [-0.05, 0) is 24.8 Å². The fourth-order valence-corrected chi connectivity index (χ4v) is 4.02. The number of carbonyl (C=O) groups excluding carboxylic acids is 1. The molecular formula is C19H26N2O5S.